The van der Waals surface area contributed by atoms with Gasteiger partial charge >= 0.3 is 5.97 Å². The van der Waals surface area contributed by atoms with Gasteiger partial charge in [-0.15, -0.1) is 0 Å². The van der Waals surface area contributed by atoms with E-state index in [2.05, 4.69) is 32.6 Å². The van der Waals surface area contributed by atoms with Gasteiger partial charge in [-0.3, -0.25) is 0 Å². The SMILES string of the molecule is CCn1cc(I)c2nc(Cl)nc(C(=O)O)c21. The van der Waals surface area contributed by atoms with Crippen LogP contribution in [-0.2, 0) is 6.54 Å². The molecule has 2 rings (SSSR count). The Hall–Kier alpha value is -0.890. The van der Waals surface area contributed by atoms with Crippen molar-refractivity contribution >= 4 is 51.2 Å². The van der Waals surface area contributed by atoms with Crippen molar-refractivity contribution in [3.05, 3.63) is 20.7 Å². The van der Waals surface area contributed by atoms with E-state index >= 15 is 0 Å². The molecule has 0 aliphatic rings. The normalized spacial score (nSPS) is 10.9. The Morgan fingerprint density at radius 3 is 2.88 bits per heavy atom. The van der Waals surface area contributed by atoms with E-state index in [9.17, 15) is 4.79 Å². The van der Waals surface area contributed by atoms with Crippen LogP contribution in [0, 0.1) is 3.57 Å². The van der Waals surface area contributed by atoms with Crippen molar-refractivity contribution < 1.29 is 9.90 Å². The van der Waals surface area contributed by atoms with Crippen molar-refractivity contribution in [2.24, 2.45) is 0 Å². The number of hydrogen-bond donors (Lipinski definition) is 1. The van der Waals surface area contributed by atoms with Gasteiger partial charge < -0.3 is 9.67 Å². The lowest BCUT2D eigenvalue weighted by Gasteiger charge is -2.03. The topological polar surface area (TPSA) is 68.0 Å². The third-order valence-corrected chi connectivity index (χ3v) is 3.14. The Bertz CT molecular complexity index is 582. The molecule has 2 aromatic heterocycles. The van der Waals surface area contributed by atoms with Crippen LogP contribution in [-0.4, -0.2) is 25.6 Å². The molecule has 7 heteroatoms. The molecule has 0 saturated heterocycles. The number of halogens is 2. The zero-order valence-electron chi connectivity index (χ0n) is 8.24. The van der Waals surface area contributed by atoms with Gasteiger partial charge in [0.15, 0.2) is 5.69 Å². The van der Waals surface area contributed by atoms with E-state index in [1.54, 1.807) is 4.57 Å². The number of rotatable bonds is 2. The number of nitrogens with zero attached hydrogens (tertiary/aromatic N) is 3. The first-order valence-corrected chi connectivity index (χ1v) is 5.95. The van der Waals surface area contributed by atoms with E-state index in [1.807, 2.05) is 13.1 Å². The molecule has 0 fully saturated rings. The second-order valence-corrected chi connectivity index (χ2v) is 4.61. The van der Waals surface area contributed by atoms with Crippen molar-refractivity contribution in [2.75, 3.05) is 0 Å². The summed E-state index contributed by atoms with van der Waals surface area (Å²) in [4.78, 5) is 18.9. The second kappa shape index (κ2) is 4.17. The Morgan fingerprint density at radius 1 is 1.62 bits per heavy atom. The quantitative estimate of drug-likeness (QED) is 0.666. The zero-order chi connectivity index (χ0) is 11.9. The van der Waals surface area contributed by atoms with E-state index < -0.39 is 5.97 Å². The molecule has 2 heterocycles. The average molecular weight is 352 g/mol. The molecule has 0 bridgehead atoms. The fraction of sp³-hybridized carbons (Fsp3) is 0.222. The van der Waals surface area contributed by atoms with Crippen LogP contribution in [0.1, 0.15) is 17.4 Å². The molecule has 0 atom stereocenters. The first kappa shape index (κ1) is 11.6. The molecule has 0 spiro atoms. The highest BCUT2D eigenvalue weighted by molar-refractivity contribution is 14.1. The van der Waals surface area contributed by atoms with E-state index in [4.69, 9.17) is 16.7 Å². The number of carboxylic acid groups (broad SMARTS) is 1. The lowest BCUT2D eigenvalue weighted by atomic mass is 10.3. The van der Waals surface area contributed by atoms with Gasteiger partial charge in [0, 0.05) is 12.7 Å². The highest BCUT2D eigenvalue weighted by Gasteiger charge is 2.18. The maximum absolute atomic E-state index is 11.1. The summed E-state index contributed by atoms with van der Waals surface area (Å²) in [6, 6.07) is 0. The van der Waals surface area contributed by atoms with Crippen LogP contribution >= 0.6 is 34.2 Å². The van der Waals surface area contributed by atoms with E-state index in [0.717, 1.165) is 3.57 Å². The molecule has 0 unspecified atom stereocenters. The number of aromatic carboxylic acids is 1. The fourth-order valence-corrected chi connectivity index (χ4v) is 2.41. The summed E-state index contributed by atoms with van der Waals surface area (Å²) in [5, 5.41) is 9.03. The molecule has 0 amide bonds. The first-order valence-electron chi connectivity index (χ1n) is 4.49. The minimum Gasteiger partial charge on any atom is -0.476 e. The van der Waals surface area contributed by atoms with Crippen molar-refractivity contribution in [1.82, 2.24) is 14.5 Å². The standard InChI is InChI=1S/C9H7ClIN3O2/c1-2-14-3-4(11)5-7(14)6(8(15)16)13-9(10)12-5/h3H,2H2,1H3,(H,15,16). The van der Waals surface area contributed by atoms with Crippen LogP contribution in [0.5, 0.6) is 0 Å². The number of aromatic nitrogens is 3. The monoisotopic (exact) mass is 351 g/mol. The molecule has 0 aliphatic carbocycles. The fourth-order valence-electron chi connectivity index (χ4n) is 1.53. The summed E-state index contributed by atoms with van der Waals surface area (Å²) in [5.41, 5.74) is 1.04. The van der Waals surface area contributed by atoms with Gasteiger partial charge in [0.2, 0.25) is 5.28 Å². The molecule has 16 heavy (non-hydrogen) atoms. The van der Waals surface area contributed by atoms with E-state index in [1.165, 1.54) is 0 Å². The van der Waals surface area contributed by atoms with Gasteiger partial charge in [-0.25, -0.2) is 14.8 Å². The van der Waals surface area contributed by atoms with Gasteiger partial charge in [-0.1, -0.05) is 0 Å². The third-order valence-electron chi connectivity index (χ3n) is 2.18. The smallest absolute Gasteiger partial charge is 0.356 e. The molecule has 0 saturated carbocycles. The van der Waals surface area contributed by atoms with Crippen molar-refractivity contribution in [3.8, 4) is 0 Å². The molecule has 1 N–H and O–H groups in total. The van der Waals surface area contributed by atoms with Crippen LogP contribution < -0.4 is 0 Å². The predicted octanol–water partition coefficient (Wildman–Crippen LogP) is 2.41. The zero-order valence-corrected chi connectivity index (χ0v) is 11.2. The van der Waals surface area contributed by atoms with Crippen LogP contribution in [0.4, 0.5) is 0 Å². The molecule has 0 aromatic carbocycles. The summed E-state index contributed by atoms with van der Waals surface area (Å²) < 4.78 is 2.66. The maximum atomic E-state index is 11.1. The lowest BCUT2D eigenvalue weighted by Crippen LogP contribution is -2.06. The largest absolute Gasteiger partial charge is 0.476 e. The average Bonchev–Trinajstić information content (AvgIpc) is 2.54. The number of hydrogen-bond acceptors (Lipinski definition) is 3. The Morgan fingerprint density at radius 2 is 2.31 bits per heavy atom. The minimum absolute atomic E-state index is 0.0448. The molecule has 84 valence electrons. The van der Waals surface area contributed by atoms with Gasteiger partial charge in [0.25, 0.3) is 0 Å². The maximum Gasteiger partial charge on any atom is 0.356 e. The van der Waals surface area contributed by atoms with Crippen molar-refractivity contribution in [1.29, 1.82) is 0 Å². The number of fused-ring (bicyclic) bond motifs is 1. The molecular formula is C9H7ClIN3O2. The van der Waals surface area contributed by atoms with E-state index in [0.29, 0.717) is 17.6 Å². The van der Waals surface area contributed by atoms with Crippen LogP contribution in [0.3, 0.4) is 0 Å². The van der Waals surface area contributed by atoms with Gasteiger partial charge in [-0.2, -0.15) is 0 Å². The number of carboxylic acids is 1. The van der Waals surface area contributed by atoms with Gasteiger partial charge in [-0.05, 0) is 41.1 Å². The summed E-state index contributed by atoms with van der Waals surface area (Å²) in [6.07, 6.45) is 1.84. The molecule has 2 aromatic rings. The molecule has 0 radical (unpaired) electrons. The van der Waals surface area contributed by atoms with Crippen LogP contribution in [0.2, 0.25) is 5.28 Å². The first-order chi connectivity index (χ1) is 7.54. The van der Waals surface area contributed by atoms with E-state index in [-0.39, 0.29) is 11.0 Å². The lowest BCUT2D eigenvalue weighted by molar-refractivity contribution is 0.0692. The van der Waals surface area contributed by atoms with Gasteiger partial charge in [0.05, 0.1) is 3.57 Å². The van der Waals surface area contributed by atoms with Crippen molar-refractivity contribution in [3.63, 3.8) is 0 Å². The second-order valence-electron chi connectivity index (χ2n) is 3.11. The summed E-state index contributed by atoms with van der Waals surface area (Å²) in [5.74, 6) is -1.10. The summed E-state index contributed by atoms with van der Waals surface area (Å²) in [6.45, 7) is 2.58. The van der Waals surface area contributed by atoms with Crippen molar-refractivity contribution in [2.45, 2.75) is 13.5 Å². The Labute approximate surface area is 110 Å². The van der Waals surface area contributed by atoms with Crippen LogP contribution in [0.15, 0.2) is 6.20 Å². The number of carbonyl (C=O) groups is 1. The summed E-state index contributed by atoms with van der Waals surface area (Å²) in [7, 11) is 0. The highest BCUT2D eigenvalue weighted by atomic mass is 127. The molecule has 5 nitrogen and oxygen atoms in total. The number of aryl methyl sites for hydroxylation is 1. The third kappa shape index (κ3) is 1.75. The van der Waals surface area contributed by atoms with Gasteiger partial charge in [0.1, 0.15) is 11.0 Å². The molecular weight excluding hydrogens is 344 g/mol. The Balaban J connectivity index is 2.92. The van der Waals surface area contributed by atoms with Crippen LogP contribution in [0.25, 0.3) is 11.0 Å². The highest BCUT2D eigenvalue weighted by Crippen LogP contribution is 2.24. The minimum atomic E-state index is -1.10. The Kier molecular flexibility index (Phi) is 3.02. The predicted molar refractivity (Wildman–Crippen MR) is 67.9 cm³/mol. The molecule has 0 aliphatic heterocycles. The summed E-state index contributed by atoms with van der Waals surface area (Å²) >= 11 is 7.79.